The van der Waals surface area contributed by atoms with Crippen LogP contribution < -0.4 is 0 Å². The van der Waals surface area contributed by atoms with Crippen molar-refractivity contribution >= 4 is 11.3 Å². The van der Waals surface area contributed by atoms with E-state index >= 15 is 0 Å². The highest BCUT2D eigenvalue weighted by molar-refractivity contribution is 7.13. The molecule has 1 unspecified atom stereocenters. The zero-order valence-corrected chi connectivity index (χ0v) is 13.8. The summed E-state index contributed by atoms with van der Waals surface area (Å²) < 4.78 is 5.85. The third-order valence-corrected chi connectivity index (χ3v) is 5.17. The van der Waals surface area contributed by atoms with E-state index < -0.39 is 0 Å². The number of hydrogen-bond acceptors (Lipinski definition) is 6. The largest absolute Gasteiger partial charge is 0.438 e. The highest BCUT2D eigenvalue weighted by Crippen LogP contribution is 2.25. The predicted octanol–water partition coefficient (Wildman–Crippen LogP) is 2.29. The van der Waals surface area contributed by atoms with Crippen LogP contribution in [-0.2, 0) is 6.54 Å². The number of hydrogen-bond donors (Lipinski definition) is 1. The van der Waals surface area contributed by atoms with Gasteiger partial charge in [0.05, 0.1) is 24.2 Å². The molecule has 0 saturated carbocycles. The Hall–Kier alpha value is -1.21. The third kappa shape index (κ3) is 3.57. The third-order valence-electron chi connectivity index (χ3n) is 4.28. The molecule has 0 spiro atoms. The van der Waals surface area contributed by atoms with Crippen LogP contribution in [0.15, 0.2) is 28.1 Å². The Bertz CT molecular complexity index is 558. The molecule has 1 aliphatic heterocycles. The molecule has 1 N–H and O–H groups in total. The maximum Gasteiger partial charge on any atom is 0.209 e. The van der Waals surface area contributed by atoms with Crippen LogP contribution in [-0.4, -0.2) is 58.7 Å². The number of piperazine rings is 1. The van der Waals surface area contributed by atoms with Crippen LogP contribution in [0.25, 0.3) is 10.6 Å². The zero-order valence-electron chi connectivity index (χ0n) is 12.9. The van der Waals surface area contributed by atoms with Crippen molar-refractivity contribution in [2.24, 2.45) is 0 Å². The smallest absolute Gasteiger partial charge is 0.209 e. The van der Waals surface area contributed by atoms with Crippen molar-refractivity contribution in [3.63, 3.8) is 0 Å². The fraction of sp³-hybridized carbons (Fsp3) is 0.562. The quantitative estimate of drug-likeness (QED) is 0.885. The number of oxazole rings is 1. The Labute approximate surface area is 135 Å². The molecule has 0 aromatic carbocycles. The first-order valence-corrected chi connectivity index (χ1v) is 8.74. The van der Waals surface area contributed by atoms with Crippen molar-refractivity contribution in [2.45, 2.75) is 25.9 Å². The summed E-state index contributed by atoms with van der Waals surface area (Å²) in [6, 6.07) is 4.37. The summed E-state index contributed by atoms with van der Waals surface area (Å²) in [4.78, 5) is 10.3. The van der Waals surface area contributed by atoms with Crippen molar-refractivity contribution in [3.8, 4) is 10.6 Å². The van der Waals surface area contributed by atoms with Gasteiger partial charge in [0.2, 0.25) is 5.89 Å². The molecule has 0 amide bonds. The van der Waals surface area contributed by atoms with Crippen molar-refractivity contribution in [1.29, 1.82) is 0 Å². The average Bonchev–Trinajstić information content (AvgIpc) is 3.21. The maximum atomic E-state index is 9.39. The van der Waals surface area contributed by atoms with E-state index in [9.17, 15) is 5.11 Å². The Morgan fingerprint density at radius 1 is 1.36 bits per heavy atom. The first-order chi connectivity index (χ1) is 10.8. The first-order valence-electron chi connectivity index (χ1n) is 7.86. The van der Waals surface area contributed by atoms with Gasteiger partial charge in [0.1, 0.15) is 0 Å². The van der Waals surface area contributed by atoms with Gasteiger partial charge in [-0.25, -0.2) is 4.98 Å². The van der Waals surface area contributed by atoms with Crippen LogP contribution in [0.3, 0.4) is 0 Å². The Balaban J connectivity index is 1.53. The summed E-state index contributed by atoms with van der Waals surface area (Å²) in [7, 11) is 0. The van der Waals surface area contributed by atoms with E-state index in [2.05, 4.69) is 21.7 Å². The van der Waals surface area contributed by atoms with Gasteiger partial charge in [0, 0.05) is 32.2 Å². The van der Waals surface area contributed by atoms with E-state index in [0.717, 1.165) is 55.7 Å². The van der Waals surface area contributed by atoms with Crippen LogP contribution in [0.4, 0.5) is 0 Å². The second kappa shape index (κ2) is 7.37. The monoisotopic (exact) mass is 321 g/mol. The van der Waals surface area contributed by atoms with Gasteiger partial charge in [-0.3, -0.25) is 9.80 Å². The summed E-state index contributed by atoms with van der Waals surface area (Å²) in [6.45, 7) is 7.12. The molecule has 6 heteroatoms. The minimum absolute atomic E-state index is 0.250. The molecule has 120 valence electrons. The van der Waals surface area contributed by atoms with Gasteiger partial charge in [0.25, 0.3) is 0 Å². The van der Waals surface area contributed by atoms with Gasteiger partial charge >= 0.3 is 0 Å². The molecule has 3 rings (SSSR count). The fourth-order valence-electron chi connectivity index (χ4n) is 2.90. The highest BCUT2D eigenvalue weighted by atomic mass is 32.1. The fourth-order valence-corrected chi connectivity index (χ4v) is 3.57. The van der Waals surface area contributed by atoms with Crippen LogP contribution >= 0.6 is 11.3 Å². The average molecular weight is 321 g/mol. The van der Waals surface area contributed by atoms with E-state index in [1.165, 1.54) is 0 Å². The lowest BCUT2D eigenvalue weighted by Gasteiger charge is -2.37. The van der Waals surface area contributed by atoms with Gasteiger partial charge in [0.15, 0.2) is 5.76 Å². The maximum absolute atomic E-state index is 9.39. The SMILES string of the molecule is CCC(CO)N1CCN(Cc2ncc(-c3cccs3)o2)CC1. The van der Waals surface area contributed by atoms with Crippen LogP contribution in [0, 0.1) is 0 Å². The van der Waals surface area contributed by atoms with Gasteiger partial charge in [-0.05, 0) is 17.9 Å². The minimum Gasteiger partial charge on any atom is -0.438 e. The molecular formula is C16H23N3O2S. The summed E-state index contributed by atoms with van der Waals surface area (Å²) in [6.07, 6.45) is 2.82. The lowest BCUT2D eigenvalue weighted by atomic mass is 10.1. The summed E-state index contributed by atoms with van der Waals surface area (Å²) >= 11 is 1.67. The van der Waals surface area contributed by atoms with Crippen LogP contribution in [0.2, 0.25) is 0 Å². The normalized spacial score (nSPS) is 18.6. The number of aromatic nitrogens is 1. The standard InChI is InChI=1S/C16H23N3O2S/c1-2-13(12-20)19-7-5-18(6-8-19)11-16-17-10-14(21-16)15-4-3-9-22-15/h3-4,9-10,13,20H,2,5-8,11-12H2,1H3. The van der Waals surface area contributed by atoms with Crippen LogP contribution in [0.5, 0.6) is 0 Å². The number of thiophene rings is 1. The molecule has 0 radical (unpaired) electrons. The number of nitrogens with zero attached hydrogens (tertiary/aromatic N) is 3. The molecule has 1 fully saturated rings. The lowest BCUT2D eigenvalue weighted by Crippen LogP contribution is -2.50. The van der Waals surface area contributed by atoms with E-state index in [0.29, 0.717) is 6.04 Å². The minimum atomic E-state index is 0.250. The molecule has 22 heavy (non-hydrogen) atoms. The van der Waals surface area contributed by atoms with Crippen molar-refractivity contribution in [2.75, 3.05) is 32.8 Å². The van der Waals surface area contributed by atoms with E-state index in [1.54, 1.807) is 11.3 Å². The summed E-state index contributed by atoms with van der Waals surface area (Å²) in [5, 5.41) is 11.4. The van der Waals surface area contributed by atoms with Crippen LogP contribution in [0.1, 0.15) is 19.2 Å². The molecular weight excluding hydrogens is 298 g/mol. The summed E-state index contributed by atoms with van der Waals surface area (Å²) in [5.74, 6) is 1.64. The van der Waals surface area contributed by atoms with E-state index in [4.69, 9.17) is 4.42 Å². The molecule has 5 nitrogen and oxygen atoms in total. The number of aliphatic hydroxyl groups is 1. The molecule has 1 aliphatic rings. The van der Waals surface area contributed by atoms with Crippen molar-refractivity contribution in [3.05, 3.63) is 29.6 Å². The molecule has 1 atom stereocenters. The van der Waals surface area contributed by atoms with E-state index in [-0.39, 0.29) is 6.61 Å². The second-order valence-electron chi connectivity index (χ2n) is 5.65. The van der Waals surface area contributed by atoms with Gasteiger partial charge in [-0.2, -0.15) is 0 Å². The molecule has 1 saturated heterocycles. The topological polar surface area (TPSA) is 52.7 Å². The van der Waals surface area contributed by atoms with Crippen molar-refractivity contribution < 1.29 is 9.52 Å². The number of aliphatic hydroxyl groups excluding tert-OH is 1. The zero-order chi connectivity index (χ0) is 15.4. The molecule has 2 aromatic rings. The first kappa shape index (κ1) is 15.7. The van der Waals surface area contributed by atoms with Gasteiger partial charge in [-0.1, -0.05) is 13.0 Å². The van der Waals surface area contributed by atoms with Gasteiger partial charge in [-0.15, -0.1) is 11.3 Å². The van der Waals surface area contributed by atoms with E-state index in [1.807, 2.05) is 23.7 Å². The molecule has 3 heterocycles. The highest BCUT2D eigenvalue weighted by Gasteiger charge is 2.23. The number of rotatable bonds is 6. The molecule has 0 aliphatic carbocycles. The van der Waals surface area contributed by atoms with Crippen molar-refractivity contribution in [1.82, 2.24) is 14.8 Å². The predicted molar refractivity (Wildman–Crippen MR) is 87.8 cm³/mol. The Morgan fingerprint density at radius 3 is 2.82 bits per heavy atom. The van der Waals surface area contributed by atoms with Gasteiger partial charge < -0.3 is 9.52 Å². The Morgan fingerprint density at radius 2 is 2.18 bits per heavy atom. The summed E-state index contributed by atoms with van der Waals surface area (Å²) in [5.41, 5.74) is 0. The molecule has 2 aromatic heterocycles. The second-order valence-corrected chi connectivity index (χ2v) is 6.60. The lowest BCUT2D eigenvalue weighted by molar-refractivity contribution is 0.0577. The molecule has 0 bridgehead atoms. The Kier molecular flexibility index (Phi) is 5.25.